The van der Waals surface area contributed by atoms with Crippen LogP contribution in [0.2, 0.25) is 0 Å². The number of rotatable bonds is 5. The standard InChI is InChI=1S/C20H23N3O3S/c1-20(2,3)16-8-10-18(11-9-16)23(27(4,25)26)14-19(24)22-17-7-5-6-15(12-17)13-21/h5-12H,14H2,1-4H3,(H,22,24). The first kappa shape index (κ1) is 20.5. The molecular formula is C20H23N3O3S. The molecule has 1 N–H and O–H groups in total. The average molecular weight is 385 g/mol. The lowest BCUT2D eigenvalue weighted by atomic mass is 9.87. The molecule has 0 spiro atoms. The predicted molar refractivity (Wildman–Crippen MR) is 107 cm³/mol. The first-order valence-corrected chi connectivity index (χ1v) is 10.2. The summed E-state index contributed by atoms with van der Waals surface area (Å²) < 4.78 is 25.5. The first-order chi connectivity index (χ1) is 12.5. The number of sulfonamides is 1. The van der Waals surface area contributed by atoms with E-state index >= 15 is 0 Å². The maximum atomic E-state index is 12.4. The second kappa shape index (κ2) is 7.80. The molecule has 0 saturated heterocycles. The molecule has 0 saturated carbocycles. The van der Waals surface area contributed by atoms with Crippen LogP contribution >= 0.6 is 0 Å². The van der Waals surface area contributed by atoms with Gasteiger partial charge in [0.25, 0.3) is 0 Å². The zero-order chi connectivity index (χ0) is 20.2. The van der Waals surface area contributed by atoms with Gasteiger partial charge in [-0.05, 0) is 41.3 Å². The van der Waals surface area contributed by atoms with Crippen LogP contribution in [0.3, 0.4) is 0 Å². The second-order valence-corrected chi connectivity index (χ2v) is 9.21. The van der Waals surface area contributed by atoms with Gasteiger partial charge in [0.05, 0.1) is 23.6 Å². The van der Waals surface area contributed by atoms with Crippen LogP contribution in [0.4, 0.5) is 11.4 Å². The quantitative estimate of drug-likeness (QED) is 0.855. The molecule has 0 unspecified atom stereocenters. The Morgan fingerprint density at radius 2 is 1.78 bits per heavy atom. The van der Waals surface area contributed by atoms with Gasteiger partial charge in [0.1, 0.15) is 6.54 Å². The van der Waals surface area contributed by atoms with Gasteiger partial charge in [0.15, 0.2) is 0 Å². The highest BCUT2D eigenvalue weighted by Gasteiger charge is 2.22. The molecule has 1 amide bonds. The largest absolute Gasteiger partial charge is 0.324 e. The molecule has 0 heterocycles. The number of hydrogen-bond donors (Lipinski definition) is 1. The third-order valence-corrected chi connectivity index (χ3v) is 5.12. The van der Waals surface area contributed by atoms with Crippen molar-refractivity contribution in [3.05, 3.63) is 59.7 Å². The van der Waals surface area contributed by atoms with E-state index in [-0.39, 0.29) is 12.0 Å². The highest BCUT2D eigenvalue weighted by molar-refractivity contribution is 7.92. The van der Waals surface area contributed by atoms with Gasteiger partial charge in [-0.15, -0.1) is 0 Å². The van der Waals surface area contributed by atoms with Crippen molar-refractivity contribution in [2.24, 2.45) is 0 Å². The molecule has 0 aromatic heterocycles. The smallest absolute Gasteiger partial charge is 0.245 e. The number of amides is 1. The molecule has 0 radical (unpaired) electrons. The molecule has 2 rings (SSSR count). The van der Waals surface area contributed by atoms with E-state index < -0.39 is 15.9 Å². The van der Waals surface area contributed by atoms with Gasteiger partial charge in [0.2, 0.25) is 15.9 Å². The summed E-state index contributed by atoms with van der Waals surface area (Å²) in [5.74, 6) is -0.490. The monoisotopic (exact) mass is 385 g/mol. The maximum absolute atomic E-state index is 12.4. The minimum Gasteiger partial charge on any atom is -0.324 e. The van der Waals surface area contributed by atoms with Crippen molar-refractivity contribution in [2.75, 3.05) is 22.4 Å². The van der Waals surface area contributed by atoms with Crippen LogP contribution in [0.1, 0.15) is 31.9 Å². The van der Waals surface area contributed by atoms with Gasteiger partial charge in [-0.1, -0.05) is 39.0 Å². The molecule has 6 nitrogen and oxygen atoms in total. The molecule has 142 valence electrons. The lowest BCUT2D eigenvalue weighted by Gasteiger charge is -2.24. The minimum atomic E-state index is -3.65. The SMILES string of the molecule is CC(C)(C)c1ccc(N(CC(=O)Nc2cccc(C#N)c2)S(C)(=O)=O)cc1. The number of carbonyl (C=O) groups excluding carboxylic acids is 1. The molecule has 27 heavy (non-hydrogen) atoms. The van der Waals surface area contributed by atoms with Crippen molar-refractivity contribution in [1.82, 2.24) is 0 Å². The lowest BCUT2D eigenvalue weighted by molar-refractivity contribution is -0.114. The summed E-state index contributed by atoms with van der Waals surface area (Å²) in [6, 6.07) is 15.6. The first-order valence-electron chi connectivity index (χ1n) is 8.39. The van der Waals surface area contributed by atoms with Crippen molar-refractivity contribution in [2.45, 2.75) is 26.2 Å². The summed E-state index contributed by atoms with van der Waals surface area (Å²) in [7, 11) is -3.65. The van der Waals surface area contributed by atoms with Crippen LogP contribution in [0.15, 0.2) is 48.5 Å². The second-order valence-electron chi connectivity index (χ2n) is 7.31. The Kier molecular flexibility index (Phi) is 5.91. The highest BCUT2D eigenvalue weighted by Crippen LogP contribution is 2.26. The van der Waals surface area contributed by atoms with E-state index in [1.165, 1.54) is 6.07 Å². The van der Waals surface area contributed by atoms with E-state index in [2.05, 4.69) is 26.1 Å². The molecule has 7 heteroatoms. The summed E-state index contributed by atoms with van der Waals surface area (Å²) >= 11 is 0. The van der Waals surface area contributed by atoms with Gasteiger partial charge >= 0.3 is 0 Å². The summed E-state index contributed by atoms with van der Waals surface area (Å²) in [6.45, 7) is 5.85. The fourth-order valence-corrected chi connectivity index (χ4v) is 3.38. The number of nitrogens with zero attached hydrogens (tertiary/aromatic N) is 2. The topological polar surface area (TPSA) is 90.3 Å². The number of benzene rings is 2. The van der Waals surface area contributed by atoms with Crippen LogP contribution in [0, 0.1) is 11.3 Å². The van der Waals surface area contributed by atoms with Crippen LogP contribution < -0.4 is 9.62 Å². The fraction of sp³-hybridized carbons (Fsp3) is 0.300. The lowest BCUT2D eigenvalue weighted by Crippen LogP contribution is -2.37. The van der Waals surface area contributed by atoms with Crippen LogP contribution in [0.5, 0.6) is 0 Å². The predicted octanol–water partition coefficient (Wildman–Crippen LogP) is 3.26. The summed E-state index contributed by atoms with van der Waals surface area (Å²) in [4.78, 5) is 12.4. The van der Waals surface area contributed by atoms with E-state index in [0.717, 1.165) is 16.1 Å². The van der Waals surface area contributed by atoms with E-state index in [1.54, 1.807) is 30.3 Å². The van der Waals surface area contributed by atoms with Gasteiger partial charge in [-0.2, -0.15) is 5.26 Å². The zero-order valence-electron chi connectivity index (χ0n) is 15.9. The molecule has 0 atom stereocenters. The van der Waals surface area contributed by atoms with Crippen molar-refractivity contribution >= 4 is 27.3 Å². The van der Waals surface area contributed by atoms with Crippen LogP contribution in [-0.4, -0.2) is 27.1 Å². The molecule has 0 aliphatic heterocycles. The van der Waals surface area contributed by atoms with Crippen LogP contribution in [-0.2, 0) is 20.2 Å². The van der Waals surface area contributed by atoms with E-state index in [1.807, 2.05) is 18.2 Å². The summed E-state index contributed by atoms with van der Waals surface area (Å²) in [5, 5.41) is 11.6. The van der Waals surface area contributed by atoms with Crippen molar-refractivity contribution in [3.8, 4) is 6.07 Å². The van der Waals surface area contributed by atoms with Crippen molar-refractivity contribution < 1.29 is 13.2 Å². The number of anilines is 2. The molecule has 0 fully saturated rings. The summed E-state index contributed by atoms with van der Waals surface area (Å²) in [6.07, 6.45) is 1.06. The number of hydrogen-bond acceptors (Lipinski definition) is 4. The van der Waals surface area contributed by atoms with Gasteiger partial charge in [-0.25, -0.2) is 8.42 Å². The maximum Gasteiger partial charge on any atom is 0.245 e. The third-order valence-electron chi connectivity index (χ3n) is 3.98. The van der Waals surface area contributed by atoms with Gasteiger partial charge in [-0.3, -0.25) is 9.10 Å². The average Bonchev–Trinajstić information content (AvgIpc) is 2.58. The Bertz CT molecular complexity index is 969. The number of nitrogens with one attached hydrogen (secondary N) is 1. The van der Waals surface area contributed by atoms with Gasteiger partial charge < -0.3 is 5.32 Å². The van der Waals surface area contributed by atoms with E-state index in [4.69, 9.17) is 5.26 Å². The van der Waals surface area contributed by atoms with Gasteiger partial charge in [0, 0.05) is 5.69 Å². The molecule has 0 bridgehead atoms. The normalized spacial score (nSPS) is 11.5. The Morgan fingerprint density at radius 1 is 1.15 bits per heavy atom. The number of nitriles is 1. The van der Waals surface area contributed by atoms with Crippen LogP contribution in [0.25, 0.3) is 0 Å². The Balaban J connectivity index is 2.22. The molecule has 2 aromatic rings. The Morgan fingerprint density at radius 3 is 2.30 bits per heavy atom. The molecule has 2 aromatic carbocycles. The molecular weight excluding hydrogens is 362 g/mol. The fourth-order valence-electron chi connectivity index (χ4n) is 2.53. The number of carbonyl (C=O) groups is 1. The molecule has 0 aliphatic carbocycles. The van der Waals surface area contributed by atoms with E-state index in [9.17, 15) is 13.2 Å². The highest BCUT2D eigenvalue weighted by atomic mass is 32.2. The zero-order valence-corrected chi connectivity index (χ0v) is 16.7. The third kappa shape index (κ3) is 5.56. The van der Waals surface area contributed by atoms with E-state index in [0.29, 0.717) is 16.9 Å². The summed E-state index contributed by atoms with van der Waals surface area (Å²) in [5.41, 5.74) is 2.28. The Hall–Kier alpha value is -2.85. The molecule has 0 aliphatic rings. The minimum absolute atomic E-state index is 0.0580. The van der Waals surface area contributed by atoms with Crippen molar-refractivity contribution in [1.29, 1.82) is 5.26 Å². The van der Waals surface area contributed by atoms with Crippen molar-refractivity contribution in [3.63, 3.8) is 0 Å². The Labute approximate surface area is 160 Å².